The molecular weight excluding hydrogens is 429 g/mol. The van der Waals surface area contributed by atoms with E-state index in [1.54, 1.807) is 0 Å². The van der Waals surface area contributed by atoms with E-state index >= 15 is 0 Å². The lowest BCUT2D eigenvalue weighted by atomic mass is 10.1. The van der Waals surface area contributed by atoms with Crippen molar-refractivity contribution in [2.24, 2.45) is 0 Å². The number of amides is 1. The molecule has 2 heterocycles. The predicted molar refractivity (Wildman–Crippen MR) is 101 cm³/mol. The molecule has 1 amide bonds. The number of aromatic nitrogens is 1. The molecule has 1 aromatic heterocycles. The molecule has 3 aromatic rings. The fourth-order valence-corrected chi connectivity index (χ4v) is 4.18. The van der Waals surface area contributed by atoms with Gasteiger partial charge in [-0.25, -0.2) is 13.8 Å². The van der Waals surface area contributed by atoms with Gasteiger partial charge in [0.25, 0.3) is 5.91 Å². The quantitative estimate of drug-likeness (QED) is 0.562. The van der Waals surface area contributed by atoms with Crippen LogP contribution in [0.2, 0.25) is 0 Å². The zero-order valence-electron chi connectivity index (χ0n) is 15.2. The van der Waals surface area contributed by atoms with E-state index in [1.165, 1.54) is 40.5 Å². The number of nitrogens with zero attached hydrogens (tertiary/aromatic N) is 3. The van der Waals surface area contributed by atoms with Crippen LogP contribution >= 0.6 is 11.3 Å². The third-order valence-electron chi connectivity index (χ3n) is 4.59. The zero-order chi connectivity index (χ0) is 21.5. The van der Waals surface area contributed by atoms with E-state index in [1.807, 2.05) is 4.90 Å². The molecule has 1 aliphatic rings. The second-order valence-corrected chi connectivity index (χ2v) is 7.59. The summed E-state index contributed by atoms with van der Waals surface area (Å²) in [7, 11) is 0. The van der Waals surface area contributed by atoms with Crippen LogP contribution in [0.4, 0.5) is 27.1 Å². The molecule has 0 atom stereocenters. The van der Waals surface area contributed by atoms with Crippen molar-refractivity contribution >= 4 is 32.6 Å². The average Bonchev–Trinajstić information content (AvgIpc) is 3.12. The van der Waals surface area contributed by atoms with Crippen molar-refractivity contribution in [3.63, 3.8) is 0 Å². The van der Waals surface area contributed by atoms with Gasteiger partial charge >= 0.3 is 6.36 Å². The topological polar surface area (TPSA) is 45.7 Å². The molecule has 11 heteroatoms. The Morgan fingerprint density at radius 2 is 1.73 bits per heavy atom. The first-order valence-electron chi connectivity index (χ1n) is 8.85. The Kier molecular flexibility index (Phi) is 5.22. The van der Waals surface area contributed by atoms with Crippen molar-refractivity contribution in [1.29, 1.82) is 0 Å². The van der Waals surface area contributed by atoms with Crippen LogP contribution in [0.3, 0.4) is 0 Å². The summed E-state index contributed by atoms with van der Waals surface area (Å²) in [6.45, 7) is 1.58. The molecule has 158 valence electrons. The largest absolute Gasteiger partial charge is 0.573 e. The van der Waals surface area contributed by atoms with Crippen LogP contribution in [0, 0.1) is 11.6 Å². The van der Waals surface area contributed by atoms with Gasteiger partial charge in [-0.05, 0) is 30.3 Å². The molecule has 4 rings (SSSR count). The number of fused-ring (bicyclic) bond motifs is 1. The Morgan fingerprint density at radius 3 is 2.40 bits per heavy atom. The summed E-state index contributed by atoms with van der Waals surface area (Å²) in [4.78, 5) is 20.4. The van der Waals surface area contributed by atoms with Crippen LogP contribution < -0.4 is 9.64 Å². The number of piperazine rings is 1. The van der Waals surface area contributed by atoms with E-state index in [9.17, 15) is 26.7 Å². The number of rotatable bonds is 3. The van der Waals surface area contributed by atoms with Gasteiger partial charge < -0.3 is 14.5 Å². The number of thiazole rings is 1. The van der Waals surface area contributed by atoms with Crippen LogP contribution in [-0.2, 0) is 0 Å². The Morgan fingerprint density at radius 1 is 1.00 bits per heavy atom. The number of ether oxygens (including phenoxy) is 1. The second kappa shape index (κ2) is 7.71. The van der Waals surface area contributed by atoms with Crippen LogP contribution in [0.25, 0.3) is 10.2 Å². The SMILES string of the molecule is O=C(c1ccc(F)c(F)c1)N1CCN(c2nc3ccc(OC(F)(F)F)cc3s2)CC1. The highest BCUT2D eigenvalue weighted by Gasteiger charge is 2.31. The molecule has 0 bridgehead atoms. The lowest BCUT2D eigenvalue weighted by Gasteiger charge is -2.34. The van der Waals surface area contributed by atoms with E-state index in [-0.39, 0.29) is 11.3 Å². The summed E-state index contributed by atoms with van der Waals surface area (Å²) in [6.07, 6.45) is -4.77. The summed E-state index contributed by atoms with van der Waals surface area (Å²) in [6, 6.07) is 6.97. The zero-order valence-corrected chi connectivity index (χ0v) is 16.1. The number of alkyl halides is 3. The maximum Gasteiger partial charge on any atom is 0.573 e. The average molecular weight is 443 g/mol. The summed E-state index contributed by atoms with van der Waals surface area (Å²) < 4.78 is 68.1. The van der Waals surface area contributed by atoms with Gasteiger partial charge in [0.05, 0.1) is 10.2 Å². The lowest BCUT2D eigenvalue weighted by Crippen LogP contribution is -2.48. The van der Waals surface area contributed by atoms with Gasteiger partial charge in [0, 0.05) is 37.8 Å². The minimum absolute atomic E-state index is 0.0690. The first-order chi connectivity index (χ1) is 14.2. The number of hydrogen-bond acceptors (Lipinski definition) is 5. The number of anilines is 1. The lowest BCUT2D eigenvalue weighted by molar-refractivity contribution is -0.274. The summed E-state index contributed by atoms with van der Waals surface area (Å²) >= 11 is 1.23. The third-order valence-corrected chi connectivity index (χ3v) is 5.67. The van der Waals surface area contributed by atoms with Crippen molar-refractivity contribution in [3.8, 4) is 5.75 Å². The van der Waals surface area contributed by atoms with E-state index < -0.39 is 23.9 Å². The predicted octanol–water partition coefficient (Wildman–Crippen LogP) is 4.44. The molecule has 0 saturated carbocycles. The molecule has 0 spiro atoms. The van der Waals surface area contributed by atoms with Crippen molar-refractivity contribution in [2.75, 3.05) is 31.1 Å². The fourth-order valence-electron chi connectivity index (χ4n) is 3.14. The molecule has 2 aromatic carbocycles. The highest BCUT2D eigenvalue weighted by atomic mass is 32.1. The molecule has 0 unspecified atom stereocenters. The van der Waals surface area contributed by atoms with Gasteiger partial charge in [0.1, 0.15) is 5.75 Å². The Bertz CT molecular complexity index is 1090. The molecular formula is C19H14F5N3O2S. The van der Waals surface area contributed by atoms with E-state index in [4.69, 9.17) is 0 Å². The first-order valence-corrected chi connectivity index (χ1v) is 9.67. The van der Waals surface area contributed by atoms with Crippen LogP contribution in [-0.4, -0.2) is 48.3 Å². The number of halogens is 5. The van der Waals surface area contributed by atoms with Crippen molar-refractivity contribution in [2.45, 2.75) is 6.36 Å². The summed E-state index contributed by atoms with van der Waals surface area (Å²) in [5.41, 5.74) is 0.615. The monoisotopic (exact) mass is 443 g/mol. The Hall–Kier alpha value is -2.95. The molecule has 30 heavy (non-hydrogen) atoms. The first kappa shape index (κ1) is 20.3. The molecule has 1 fully saturated rings. The number of benzene rings is 2. The minimum atomic E-state index is -4.77. The minimum Gasteiger partial charge on any atom is -0.406 e. The summed E-state index contributed by atoms with van der Waals surface area (Å²) in [5, 5.41) is 0.620. The van der Waals surface area contributed by atoms with Crippen molar-refractivity contribution in [1.82, 2.24) is 9.88 Å². The molecule has 0 radical (unpaired) electrons. The van der Waals surface area contributed by atoms with Gasteiger partial charge in [0.15, 0.2) is 16.8 Å². The van der Waals surface area contributed by atoms with Gasteiger partial charge in [-0.2, -0.15) is 0 Å². The molecule has 5 nitrogen and oxygen atoms in total. The van der Waals surface area contributed by atoms with Crippen LogP contribution in [0.15, 0.2) is 36.4 Å². The number of carbonyl (C=O) groups is 1. The smallest absolute Gasteiger partial charge is 0.406 e. The van der Waals surface area contributed by atoms with Gasteiger partial charge in [-0.1, -0.05) is 11.3 Å². The van der Waals surface area contributed by atoms with Crippen LogP contribution in [0.1, 0.15) is 10.4 Å². The van der Waals surface area contributed by atoms with E-state index in [0.717, 1.165) is 12.1 Å². The van der Waals surface area contributed by atoms with Crippen LogP contribution in [0.5, 0.6) is 5.75 Å². The highest BCUT2D eigenvalue weighted by molar-refractivity contribution is 7.22. The van der Waals surface area contributed by atoms with Gasteiger partial charge in [-0.15, -0.1) is 13.2 Å². The maximum absolute atomic E-state index is 13.4. The van der Waals surface area contributed by atoms with Gasteiger partial charge in [0.2, 0.25) is 0 Å². The Balaban J connectivity index is 1.44. The standard InChI is InChI=1S/C19H14F5N3O2S/c20-13-3-1-11(9-14(13)21)17(28)26-5-7-27(8-6-26)18-25-15-4-2-12(10-16(15)30-18)29-19(22,23)24/h1-4,9-10H,5-8H2. The van der Waals surface area contributed by atoms with E-state index in [0.29, 0.717) is 41.5 Å². The van der Waals surface area contributed by atoms with Crippen molar-refractivity contribution < 1.29 is 31.5 Å². The number of hydrogen-bond donors (Lipinski definition) is 0. The van der Waals surface area contributed by atoms with Gasteiger partial charge in [-0.3, -0.25) is 4.79 Å². The second-order valence-electron chi connectivity index (χ2n) is 6.58. The normalized spacial score (nSPS) is 15.0. The third kappa shape index (κ3) is 4.30. The Labute approximate surface area is 171 Å². The molecule has 0 N–H and O–H groups in total. The fraction of sp³-hybridized carbons (Fsp3) is 0.263. The highest BCUT2D eigenvalue weighted by Crippen LogP contribution is 2.33. The maximum atomic E-state index is 13.4. The molecule has 0 aliphatic carbocycles. The summed E-state index contributed by atoms with van der Waals surface area (Å²) in [5.74, 6) is -2.81. The molecule has 1 saturated heterocycles. The number of carbonyl (C=O) groups excluding carboxylic acids is 1. The van der Waals surface area contributed by atoms with Crippen molar-refractivity contribution in [3.05, 3.63) is 53.6 Å². The molecule has 1 aliphatic heterocycles. The van der Waals surface area contributed by atoms with E-state index in [2.05, 4.69) is 9.72 Å².